The normalized spacial score (nSPS) is 13.0. The van der Waals surface area contributed by atoms with Gasteiger partial charge in [-0.3, -0.25) is 29.9 Å². The first-order chi connectivity index (χ1) is 11.8. The smallest absolute Gasteiger partial charge is 0.267 e. The zero-order chi connectivity index (χ0) is 18.3. The molecule has 8 nitrogen and oxygen atoms in total. The van der Waals surface area contributed by atoms with Crippen LogP contribution in [0.2, 0.25) is 10.0 Å². The van der Waals surface area contributed by atoms with Gasteiger partial charge in [0.25, 0.3) is 23.4 Å². The molecule has 1 aliphatic heterocycles. The molecule has 2 aromatic carbocycles. The third kappa shape index (κ3) is 2.81. The molecule has 1 N–H and O–H groups in total. The monoisotopic (exact) mass is 379 g/mol. The summed E-state index contributed by atoms with van der Waals surface area (Å²) in [7, 11) is 0. The summed E-state index contributed by atoms with van der Waals surface area (Å²) in [6.07, 6.45) is 0. The van der Waals surface area contributed by atoms with Gasteiger partial charge >= 0.3 is 0 Å². The van der Waals surface area contributed by atoms with Crippen molar-refractivity contribution in [3.63, 3.8) is 0 Å². The molecular formula is C15H7Cl2N3O5. The molecule has 0 saturated carbocycles. The molecule has 0 aromatic heterocycles. The number of halogens is 2. The fraction of sp³-hybridized carbons (Fsp3) is 0. The molecule has 0 spiro atoms. The van der Waals surface area contributed by atoms with Crippen molar-refractivity contribution in [2.75, 3.05) is 0 Å². The molecule has 126 valence electrons. The maximum Gasteiger partial charge on any atom is 0.287 e. The average Bonchev–Trinajstić information content (AvgIpc) is 2.79. The Kier molecular flexibility index (Phi) is 4.15. The zero-order valence-electron chi connectivity index (χ0n) is 12.2. The van der Waals surface area contributed by atoms with Crippen LogP contribution in [0.4, 0.5) is 5.69 Å². The summed E-state index contributed by atoms with van der Waals surface area (Å²) in [4.78, 5) is 47.2. The third-order valence-corrected chi connectivity index (χ3v) is 4.03. The van der Waals surface area contributed by atoms with Crippen LogP contribution >= 0.6 is 23.2 Å². The average molecular weight is 380 g/mol. The van der Waals surface area contributed by atoms with Gasteiger partial charge < -0.3 is 0 Å². The molecule has 3 amide bonds. The lowest BCUT2D eigenvalue weighted by atomic mass is 10.1. The molecule has 0 unspecified atom stereocenters. The minimum absolute atomic E-state index is 0.0166. The maximum atomic E-state index is 12.4. The highest BCUT2D eigenvalue weighted by atomic mass is 35.5. The number of hydrazine groups is 1. The fourth-order valence-corrected chi connectivity index (χ4v) is 2.85. The second kappa shape index (κ2) is 6.15. The largest absolute Gasteiger partial charge is 0.287 e. The van der Waals surface area contributed by atoms with E-state index in [0.29, 0.717) is 10.0 Å². The Morgan fingerprint density at radius 2 is 1.84 bits per heavy atom. The number of carbonyl (C=O) groups is 3. The lowest BCUT2D eigenvalue weighted by Crippen LogP contribution is -2.46. The van der Waals surface area contributed by atoms with E-state index in [2.05, 4.69) is 5.43 Å². The van der Waals surface area contributed by atoms with Gasteiger partial charge in [0.1, 0.15) is 5.56 Å². The van der Waals surface area contributed by atoms with E-state index in [1.165, 1.54) is 30.3 Å². The molecule has 10 heteroatoms. The molecule has 0 radical (unpaired) electrons. The van der Waals surface area contributed by atoms with Crippen molar-refractivity contribution in [1.82, 2.24) is 10.4 Å². The molecule has 0 atom stereocenters. The topological polar surface area (TPSA) is 110 Å². The number of benzene rings is 2. The third-order valence-electron chi connectivity index (χ3n) is 3.48. The molecule has 1 heterocycles. The summed E-state index contributed by atoms with van der Waals surface area (Å²) < 4.78 is 0. The Bertz CT molecular complexity index is 960. The Labute approximate surface area is 150 Å². The number of nitrogens with one attached hydrogen (secondary N) is 1. The highest BCUT2D eigenvalue weighted by Crippen LogP contribution is 2.30. The SMILES string of the molecule is O=C(NN1C(=O)c2cccc([N+](=O)[O-])c2C1=O)c1ccc(Cl)cc1Cl. The molecule has 3 rings (SSSR count). The number of nitro groups is 1. The molecule has 2 aromatic rings. The first-order valence-corrected chi connectivity index (χ1v) is 7.49. The van der Waals surface area contributed by atoms with Crippen molar-refractivity contribution in [2.24, 2.45) is 0 Å². The molecule has 1 aliphatic rings. The Balaban J connectivity index is 1.93. The number of nitrogens with zero attached hydrogens (tertiary/aromatic N) is 2. The molecule has 25 heavy (non-hydrogen) atoms. The highest BCUT2D eigenvalue weighted by molar-refractivity contribution is 6.36. The van der Waals surface area contributed by atoms with Crippen molar-refractivity contribution in [3.05, 3.63) is 73.2 Å². The summed E-state index contributed by atoms with van der Waals surface area (Å²) in [5.41, 5.74) is 1.04. The van der Waals surface area contributed by atoms with Crippen LogP contribution in [0.15, 0.2) is 36.4 Å². The number of hydrogen-bond donors (Lipinski definition) is 1. The minimum Gasteiger partial charge on any atom is -0.267 e. The van der Waals surface area contributed by atoms with E-state index in [9.17, 15) is 24.5 Å². The quantitative estimate of drug-likeness (QED) is 0.500. The van der Waals surface area contributed by atoms with E-state index in [0.717, 1.165) is 6.07 Å². The van der Waals surface area contributed by atoms with E-state index < -0.39 is 28.3 Å². The van der Waals surface area contributed by atoms with Crippen LogP contribution in [0.5, 0.6) is 0 Å². The lowest BCUT2D eigenvalue weighted by molar-refractivity contribution is -0.385. The number of fused-ring (bicyclic) bond motifs is 1. The van der Waals surface area contributed by atoms with E-state index in [1.54, 1.807) is 0 Å². The predicted octanol–water partition coefficient (Wildman–Crippen LogP) is 2.84. The Morgan fingerprint density at radius 1 is 1.12 bits per heavy atom. The second-order valence-electron chi connectivity index (χ2n) is 4.97. The molecule has 0 fully saturated rings. The number of imide groups is 1. The van der Waals surface area contributed by atoms with Gasteiger partial charge in [-0.15, -0.1) is 0 Å². The predicted molar refractivity (Wildman–Crippen MR) is 87.5 cm³/mol. The van der Waals surface area contributed by atoms with Crippen molar-refractivity contribution >= 4 is 46.6 Å². The number of rotatable bonds is 3. The number of carbonyl (C=O) groups excluding carboxylic acids is 3. The van der Waals surface area contributed by atoms with Crippen LogP contribution in [0.3, 0.4) is 0 Å². The van der Waals surface area contributed by atoms with Crippen molar-refractivity contribution in [3.8, 4) is 0 Å². The molecular weight excluding hydrogens is 373 g/mol. The highest BCUT2D eigenvalue weighted by Gasteiger charge is 2.42. The van der Waals surface area contributed by atoms with E-state index in [1.807, 2.05) is 0 Å². The van der Waals surface area contributed by atoms with Gasteiger partial charge in [-0.25, -0.2) is 0 Å². The van der Waals surface area contributed by atoms with Crippen molar-refractivity contribution in [1.29, 1.82) is 0 Å². The van der Waals surface area contributed by atoms with Crippen LogP contribution in [-0.4, -0.2) is 27.7 Å². The number of nitro benzene ring substituents is 1. The van der Waals surface area contributed by atoms with Gasteiger partial charge in [-0.2, -0.15) is 5.01 Å². The summed E-state index contributed by atoms with van der Waals surface area (Å²) in [5, 5.41) is 11.8. The summed E-state index contributed by atoms with van der Waals surface area (Å²) in [5.74, 6) is -2.70. The Morgan fingerprint density at radius 3 is 2.48 bits per heavy atom. The van der Waals surface area contributed by atoms with E-state index in [-0.39, 0.29) is 21.7 Å². The van der Waals surface area contributed by atoms with Gasteiger partial charge in [0, 0.05) is 11.1 Å². The first kappa shape index (κ1) is 16.9. The molecule has 0 saturated heterocycles. The number of amides is 3. The standard InChI is InChI=1S/C15H7Cl2N3O5/c16-7-4-5-8(10(17)6-7)13(21)18-19-14(22)9-2-1-3-11(20(24)25)12(9)15(19)23/h1-6H,(H,18,21). The van der Waals surface area contributed by atoms with E-state index in [4.69, 9.17) is 23.2 Å². The maximum absolute atomic E-state index is 12.4. The fourth-order valence-electron chi connectivity index (χ4n) is 2.36. The van der Waals surface area contributed by atoms with Crippen molar-refractivity contribution in [2.45, 2.75) is 0 Å². The summed E-state index contributed by atoms with van der Waals surface area (Å²) in [6, 6.07) is 7.71. The lowest BCUT2D eigenvalue weighted by Gasteiger charge is -2.15. The molecule has 0 bridgehead atoms. The van der Waals surface area contributed by atoms with Crippen LogP contribution in [-0.2, 0) is 0 Å². The van der Waals surface area contributed by atoms with Crippen LogP contribution < -0.4 is 5.43 Å². The Hall–Kier alpha value is -2.97. The van der Waals surface area contributed by atoms with Gasteiger partial charge in [0.15, 0.2) is 0 Å². The number of hydrogen-bond acceptors (Lipinski definition) is 5. The van der Waals surface area contributed by atoms with Crippen LogP contribution in [0, 0.1) is 10.1 Å². The van der Waals surface area contributed by atoms with Crippen molar-refractivity contribution < 1.29 is 19.3 Å². The van der Waals surface area contributed by atoms with Crippen LogP contribution in [0.1, 0.15) is 31.1 Å². The summed E-state index contributed by atoms with van der Waals surface area (Å²) >= 11 is 11.7. The van der Waals surface area contributed by atoms with Gasteiger partial charge in [0.05, 0.1) is 21.1 Å². The zero-order valence-corrected chi connectivity index (χ0v) is 13.7. The first-order valence-electron chi connectivity index (χ1n) is 6.73. The van der Waals surface area contributed by atoms with Gasteiger partial charge in [-0.1, -0.05) is 29.3 Å². The van der Waals surface area contributed by atoms with Gasteiger partial charge in [0.2, 0.25) is 0 Å². The van der Waals surface area contributed by atoms with E-state index >= 15 is 0 Å². The van der Waals surface area contributed by atoms with Crippen LogP contribution in [0.25, 0.3) is 0 Å². The summed E-state index contributed by atoms with van der Waals surface area (Å²) in [6.45, 7) is 0. The van der Waals surface area contributed by atoms with Gasteiger partial charge in [-0.05, 0) is 24.3 Å². The second-order valence-corrected chi connectivity index (χ2v) is 5.81. The minimum atomic E-state index is -0.995. The molecule has 0 aliphatic carbocycles.